The maximum absolute atomic E-state index is 5.98. The van der Waals surface area contributed by atoms with Crippen LogP contribution >= 0.6 is 0 Å². The third-order valence-corrected chi connectivity index (χ3v) is 3.76. The SMILES string of the molecule is COCCC1(C)CN=C(N)N1CC1CCCO1. The molecular weight excluding hydrogens is 218 g/mol. The Morgan fingerprint density at radius 3 is 3.12 bits per heavy atom. The fourth-order valence-corrected chi connectivity index (χ4v) is 2.54. The van der Waals surface area contributed by atoms with Gasteiger partial charge < -0.3 is 20.1 Å². The number of hydrogen-bond donors (Lipinski definition) is 1. The number of methoxy groups -OCH3 is 1. The molecule has 2 unspecified atom stereocenters. The van der Waals surface area contributed by atoms with Crippen LogP contribution in [0.2, 0.25) is 0 Å². The van der Waals surface area contributed by atoms with Crippen LogP contribution in [0.1, 0.15) is 26.2 Å². The zero-order valence-electron chi connectivity index (χ0n) is 10.8. The molecule has 2 aliphatic rings. The molecule has 2 N–H and O–H groups in total. The Bertz CT molecular complexity index is 289. The average Bonchev–Trinajstić information content (AvgIpc) is 2.91. The summed E-state index contributed by atoms with van der Waals surface area (Å²) in [6.45, 7) is 5.43. The number of hydrogen-bond acceptors (Lipinski definition) is 5. The molecule has 5 heteroatoms. The first-order valence-corrected chi connectivity index (χ1v) is 6.34. The minimum Gasteiger partial charge on any atom is -0.385 e. The van der Waals surface area contributed by atoms with Gasteiger partial charge in [-0.3, -0.25) is 4.99 Å². The number of nitrogens with two attached hydrogens (primary N) is 1. The Kier molecular flexibility index (Phi) is 3.89. The molecule has 2 heterocycles. The van der Waals surface area contributed by atoms with Crippen molar-refractivity contribution in [3.8, 4) is 0 Å². The van der Waals surface area contributed by atoms with Gasteiger partial charge in [-0.1, -0.05) is 0 Å². The lowest BCUT2D eigenvalue weighted by Gasteiger charge is -2.37. The average molecular weight is 241 g/mol. The fraction of sp³-hybridized carbons (Fsp3) is 0.917. The van der Waals surface area contributed by atoms with Crippen LogP contribution in [0, 0.1) is 0 Å². The van der Waals surface area contributed by atoms with E-state index in [1.807, 2.05) is 0 Å². The van der Waals surface area contributed by atoms with Gasteiger partial charge in [-0.05, 0) is 26.2 Å². The molecular formula is C12H23N3O2. The van der Waals surface area contributed by atoms with Crippen LogP contribution in [0.25, 0.3) is 0 Å². The Hall–Kier alpha value is -0.810. The summed E-state index contributed by atoms with van der Waals surface area (Å²) < 4.78 is 10.9. The summed E-state index contributed by atoms with van der Waals surface area (Å²) in [4.78, 5) is 6.57. The van der Waals surface area contributed by atoms with E-state index < -0.39 is 0 Å². The third-order valence-electron chi connectivity index (χ3n) is 3.76. The Morgan fingerprint density at radius 1 is 1.65 bits per heavy atom. The Morgan fingerprint density at radius 2 is 2.47 bits per heavy atom. The summed E-state index contributed by atoms with van der Waals surface area (Å²) in [6, 6.07) is 0. The second-order valence-corrected chi connectivity index (χ2v) is 5.16. The van der Waals surface area contributed by atoms with Crippen molar-refractivity contribution in [2.45, 2.75) is 37.8 Å². The highest BCUT2D eigenvalue weighted by Crippen LogP contribution is 2.27. The lowest BCUT2D eigenvalue weighted by molar-refractivity contribution is 0.0582. The van der Waals surface area contributed by atoms with Gasteiger partial charge >= 0.3 is 0 Å². The molecule has 0 aromatic rings. The van der Waals surface area contributed by atoms with Gasteiger partial charge in [-0.15, -0.1) is 0 Å². The van der Waals surface area contributed by atoms with E-state index in [0.717, 1.165) is 45.6 Å². The van der Waals surface area contributed by atoms with Crippen LogP contribution in [-0.2, 0) is 9.47 Å². The van der Waals surface area contributed by atoms with Gasteiger partial charge in [0.15, 0.2) is 5.96 Å². The molecule has 17 heavy (non-hydrogen) atoms. The predicted molar refractivity (Wildman–Crippen MR) is 67.1 cm³/mol. The Labute approximate surface area is 103 Å². The van der Waals surface area contributed by atoms with Gasteiger partial charge in [0.2, 0.25) is 0 Å². The summed E-state index contributed by atoms with van der Waals surface area (Å²) in [7, 11) is 1.73. The number of guanidine groups is 1. The number of nitrogens with zero attached hydrogens (tertiary/aromatic N) is 2. The van der Waals surface area contributed by atoms with Crippen molar-refractivity contribution in [3.63, 3.8) is 0 Å². The van der Waals surface area contributed by atoms with E-state index in [1.54, 1.807) is 7.11 Å². The zero-order valence-corrected chi connectivity index (χ0v) is 10.8. The number of rotatable bonds is 5. The van der Waals surface area contributed by atoms with Gasteiger partial charge in [-0.25, -0.2) is 0 Å². The molecule has 2 aliphatic heterocycles. The van der Waals surface area contributed by atoms with E-state index in [0.29, 0.717) is 12.1 Å². The molecule has 5 nitrogen and oxygen atoms in total. The topological polar surface area (TPSA) is 60.1 Å². The molecule has 0 aromatic carbocycles. The standard InChI is InChI=1S/C12H23N3O2/c1-12(5-7-16-2)9-14-11(13)15(12)8-10-4-3-6-17-10/h10H,3-9H2,1-2H3,(H2,13,14). The number of ether oxygens (including phenoxy) is 2. The van der Waals surface area contributed by atoms with Gasteiger partial charge in [0.05, 0.1) is 18.2 Å². The normalized spacial score (nSPS) is 33.2. The van der Waals surface area contributed by atoms with Crippen molar-refractivity contribution in [2.75, 3.05) is 33.4 Å². The molecule has 1 fully saturated rings. The van der Waals surface area contributed by atoms with E-state index >= 15 is 0 Å². The van der Waals surface area contributed by atoms with Crippen LogP contribution in [0.3, 0.4) is 0 Å². The van der Waals surface area contributed by atoms with Crippen molar-refractivity contribution in [1.29, 1.82) is 0 Å². The van der Waals surface area contributed by atoms with Gasteiger partial charge in [0.1, 0.15) is 0 Å². The summed E-state index contributed by atoms with van der Waals surface area (Å²) >= 11 is 0. The number of aliphatic imine (C=N–C) groups is 1. The first-order valence-electron chi connectivity index (χ1n) is 6.34. The predicted octanol–water partition coefficient (Wildman–Crippen LogP) is 0.591. The molecule has 2 rings (SSSR count). The van der Waals surface area contributed by atoms with Crippen LogP contribution in [0.5, 0.6) is 0 Å². The highest BCUT2D eigenvalue weighted by molar-refractivity contribution is 5.81. The van der Waals surface area contributed by atoms with E-state index in [-0.39, 0.29) is 5.54 Å². The molecule has 0 saturated carbocycles. The van der Waals surface area contributed by atoms with E-state index in [4.69, 9.17) is 15.2 Å². The van der Waals surface area contributed by atoms with Gasteiger partial charge in [0, 0.05) is 26.9 Å². The van der Waals surface area contributed by atoms with Crippen LogP contribution in [-0.4, -0.2) is 55.9 Å². The van der Waals surface area contributed by atoms with Crippen molar-refractivity contribution in [1.82, 2.24) is 4.90 Å². The Balaban J connectivity index is 1.97. The molecule has 0 spiro atoms. The van der Waals surface area contributed by atoms with Crippen molar-refractivity contribution in [3.05, 3.63) is 0 Å². The van der Waals surface area contributed by atoms with Gasteiger partial charge in [0.25, 0.3) is 0 Å². The van der Waals surface area contributed by atoms with Crippen LogP contribution in [0.15, 0.2) is 4.99 Å². The highest BCUT2D eigenvalue weighted by Gasteiger charge is 2.39. The third kappa shape index (κ3) is 2.72. The second-order valence-electron chi connectivity index (χ2n) is 5.16. The van der Waals surface area contributed by atoms with E-state index in [9.17, 15) is 0 Å². The summed E-state index contributed by atoms with van der Waals surface area (Å²) in [5, 5.41) is 0. The largest absolute Gasteiger partial charge is 0.385 e. The van der Waals surface area contributed by atoms with Crippen molar-refractivity contribution < 1.29 is 9.47 Å². The summed E-state index contributed by atoms with van der Waals surface area (Å²) in [6.07, 6.45) is 3.54. The quantitative estimate of drug-likeness (QED) is 0.765. The maximum atomic E-state index is 5.98. The van der Waals surface area contributed by atoms with Crippen LogP contribution < -0.4 is 5.73 Å². The van der Waals surface area contributed by atoms with E-state index in [1.165, 1.54) is 0 Å². The molecule has 0 aromatic heterocycles. The lowest BCUT2D eigenvalue weighted by Crippen LogP contribution is -2.52. The molecule has 1 saturated heterocycles. The smallest absolute Gasteiger partial charge is 0.191 e. The minimum absolute atomic E-state index is 0.00789. The second kappa shape index (κ2) is 5.23. The highest BCUT2D eigenvalue weighted by atomic mass is 16.5. The summed E-state index contributed by atoms with van der Waals surface area (Å²) in [5.74, 6) is 0.652. The van der Waals surface area contributed by atoms with Crippen LogP contribution in [0.4, 0.5) is 0 Å². The molecule has 0 aliphatic carbocycles. The first kappa shape index (κ1) is 12.6. The zero-order chi connectivity index (χ0) is 12.3. The van der Waals surface area contributed by atoms with Crippen molar-refractivity contribution in [2.24, 2.45) is 10.7 Å². The minimum atomic E-state index is -0.00789. The van der Waals surface area contributed by atoms with Gasteiger partial charge in [-0.2, -0.15) is 0 Å². The molecule has 0 amide bonds. The maximum Gasteiger partial charge on any atom is 0.191 e. The monoisotopic (exact) mass is 241 g/mol. The molecule has 98 valence electrons. The summed E-state index contributed by atoms with van der Waals surface area (Å²) in [5.41, 5.74) is 5.98. The van der Waals surface area contributed by atoms with E-state index in [2.05, 4.69) is 16.8 Å². The lowest BCUT2D eigenvalue weighted by atomic mass is 9.96. The first-order chi connectivity index (χ1) is 8.15. The fourth-order valence-electron chi connectivity index (χ4n) is 2.54. The molecule has 0 bridgehead atoms. The molecule has 0 radical (unpaired) electrons. The van der Waals surface area contributed by atoms with Crippen molar-refractivity contribution >= 4 is 5.96 Å². The molecule has 2 atom stereocenters.